The van der Waals surface area contributed by atoms with Crippen LogP contribution in [0.3, 0.4) is 0 Å². The SMILES string of the molecule is Cc1c(C=O)cnn1-c1nc2c(c(=O)[nH]1)CCCC2. The molecule has 0 saturated heterocycles. The topological polar surface area (TPSA) is 80.6 Å². The van der Waals surface area contributed by atoms with Crippen LogP contribution in [0.2, 0.25) is 0 Å². The largest absolute Gasteiger partial charge is 0.298 e. The fourth-order valence-corrected chi connectivity index (χ4v) is 2.44. The predicted molar refractivity (Wildman–Crippen MR) is 68.7 cm³/mol. The van der Waals surface area contributed by atoms with Gasteiger partial charge in [-0.1, -0.05) is 0 Å². The van der Waals surface area contributed by atoms with E-state index in [1.165, 1.54) is 10.9 Å². The molecule has 1 aliphatic carbocycles. The van der Waals surface area contributed by atoms with E-state index in [9.17, 15) is 9.59 Å². The zero-order chi connectivity index (χ0) is 13.4. The summed E-state index contributed by atoms with van der Waals surface area (Å²) in [6.07, 6.45) is 5.92. The lowest BCUT2D eigenvalue weighted by Gasteiger charge is -2.14. The van der Waals surface area contributed by atoms with Crippen molar-refractivity contribution in [2.45, 2.75) is 32.6 Å². The molecule has 0 aliphatic heterocycles. The maximum absolute atomic E-state index is 12.0. The lowest BCUT2D eigenvalue weighted by atomic mass is 9.97. The van der Waals surface area contributed by atoms with E-state index >= 15 is 0 Å². The Morgan fingerprint density at radius 1 is 1.37 bits per heavy atom. The molecule has 98 valence electrons. The zero-order valence-electron chi connectivity index (χ0n) is 10.6. The quantitative estimate of drug-likeness (QED) is 0.813. The molecule has 0 fully saturated rings. The highest BCUT2D eigenvalue weighted by Gasteiger charge is 2.17. The molecule has 0 saturated carbocycles. The molecule has 0 amide bonds. The number of nitrogens with one attached hydrogen (secondary N) is 1. The molecule has 0 aromatic carbocycles. The predicted octanol–water partition coefficient (Wildman–Crippen LogP) is 0.955. The van der Waals surface area contributed by atoms with Crippen LogP contribution in [0.1, 0.15) is 40.2 Å². The Morgan fingerprint density at radius 3 is 2.89 bits per heavy atom. The minimum absolute atomic E-state index is 0.0951. The first kappa shape index (κ1) is 11.8. The highest BCUT2D eigenvalue weighted by Crippen LogP contribution is 2.17. The molecule has 19 heavy (non-hydrogen) atoms. The first-order valence-corrected chi connectivity index (χ1v) is 6.33. The van der Waals surface area contributed by atoms with Crippen LogP contribution in [0.4, 0.5) is 0 Å². The summed E-state index contributed by atoms with van der Waals surface area (Å²) in [6, 6.07) is 0. The van der Waals surface area contributed by atoms with E-state index in [-0.39, 0.29) is 5.56 Å². The van der Waals surface area contributed by atoms with Crippen molar-refractivity contribution in [1.29, 1.82) is 0 Å². The van der Waals surface area contributed by atoms with E-state index in [0.717, 1.165) is 43.2 Å². The van der Waals surface area contributed by atoms with E-state index in [2.05, 4.69) is 15.1 Å². The lowest BCUT2D eigenvalue weighted by molar-refractivity contribution is 0.112. The van der Waals surface area contributed by atoms with E-state index in [1.807, 2.05) is 0 Å². The van der Waals surface area contributed by atoms with Gasteiger partial charge in [-0.3, -0.25) is 14.6 Å². The lowest BCUT2D eigenvalue weighted by Crippen LogP contribution is -2.24. The summed E-state index contributed by atoms with van der Waals surface area (Å²) in [7, 11) is 0. The van der Waals surface area contributed by atoms with Crippen molar-refractivity contribution in [1.82, 2.24) is 19.7 Å². The van der Waals surface area contributed by atoms with Crippen LogP contribution in [0.15, 0.2) is 11.0 Å². The van der Waals surface area contributed by atoms with Gasteiger partial charge >= 0.3 is 0 Å². The minimum Gasteiger partial charge on any atom is -0.298 e. The number of rotatable bonds is 2. The summed E-state index contributed by atoms with van der Waals surface area (Å²) >= 11 is 0. The van der Waals surface area contributed by atoms with Gasteiger partial charge in [0.1, 0.15) is 0 Å². The number of aldehydes is 1. The summed E-state index contributed by atoms with van der Waals surface area (Å²) in [5.41, 5.74) is 2.72. The van der Waals surface area contributed by atoms with Gasteiger partial charge in [-0.15, -0.1) is 0 Å². The van der Waals surface area contributed by atoms with Gasteiger partial charge in [0, 0.05) is 5.56 Å². The monoisotopic (exact) mass is 258 g/mol. The van der Waals surface area contributed by atoms with Crippen molar-refractivity contribution in [2.75, 3.05) is 0 Å². The first-order chi connectivity index (χ1) is 9.20. The van der Waals surface area contributed by atoms with Crippen LogP contribution in [0, 0.1) is 6.92 Å². The molecule has 6 heteroatoms. The molecule has 3 rings (SSSR count). The van der Waals surface area contributed by atoms with E-state index in [1.54, 1.807) is 6.92 Å². The highest BCUT2D eigenvalue weighted by atomic mass is 16.1. The summed E-state index contributed by atoms with van der Waals surface area (Å²) in [4.78, 5) is 30.1. The van der Waals surface area contributed by atoms with Gasteiger partial charge in [-0.25, -0.2) is 9.67 Å². The number of hydrogen-bond acceptors (Lipinski definition) is 4. The molecular weight excluding hydrogens is 244 g/mol. The molecule has 1 N–H and O–H groups in total. The Morgan fingerprint density at radius 2 is 2.16 bits per heavy atom. The number of carbonyl (C=O) groups excluding carboxylic acids is 1. The second kappa shape index (κ2) is 4.46. The molecule has 2 heterocycles. The van der Waals surface area contributed by atoms with E-state index < -0.39 is 0 Å². The van der Waals surface area contributed by atoms with Crippen LogP contribution >= 0.6 is 0 Å². The Labute approximate surface area is 109 Å². The fourth-order valence-electron chi connectivity index (χ4n) is 2.44. The average Bonchev–Trinajstić information content (AvgIpc) is 2.80. The highest BCUT2D eigenvalue weighted by molar-refractivity contribution is 5.76. The number of aryl methyl sites for hydroxylation is 1. The number of carbonyl (C=O) groups is 1. The smallest absolute Gasteiger partial charge is 0.255 e. The molecule has 0 bridgehead atoms. The van der Waals surface area contributed by atoms with Crippen molar-refractivity contribution in [3.8, 4) is 5.95 Å². The van der Waals surface area contributed by atoms with Gasteiger partial charge in [-0.05, 0) is 32.6 Å². The standard InChI is InChI=1S/C13H14N4O2/c1-8-9(7-18)6-14-17(8)13-15-11-5-3-2-4-10(11)12(19)16-13/h6-7H,2-5H2,1H3,(H,15,16,19). The molecule has 2 aromatic heterocycles. The van der Waals surface area contributed by atoms with E-state index in [0.29, 0.717) is 17.2 Å². The van der Waals surface area contributed by atoms with Gasteiger partial charge in [0.05, 0.1) is 23.1 Å². The normalized spacial score (nSPS) is 14.2. The average molecular weight is 258 g/mol. The number of hydrogen-bond donors (Lipinski definition) is 1. The van der Waals surface area contributed by atoms with Crippen LogP contribution in [0.25, 0.3) is 5.95 Å². The van der Waals surface area contributed by atoms with Gasteiger partial charge in [0.25, 0.3) is 5.56 Å². The second-order valence-electron chi connectivity index (χ2n) is 4.74. The molecule has 0 unspecified atom stereocenters. The number of fused-ring (bicyclic) bond motifs is 1. The van der Waals surface area contributed by atoms with Crippen molar-refractivity contribution in [3.05, 3.63) is 39.1 Å². The van der Waals surface area contributed by atoms with E-state index in [4.69, 9.17) is 0 Å². The Kier molecular flexibility index (Phi) is 2.77. The summed E-state index contributed by atoms with van der Waals surface area (Å²) in [5, 5.41) is 4.10. The molecule has 1 aliphatic rings. The maximum Gasteiger partial charge on any atom is 0.255 e. The van der Waals surface area contributed by atoms with Crippen molar-refractivity contribution in [2.24, 2.45) is 0 Å². The summed E-state index contributed by atoms with van der Waals surface area (Å²) < 4.78 is 1.50. The number of aromatic nitrogens is 4. The third kappa shape index (κ3) is 1.89. The fraction of sp³-hybridized carbons (Fsp3) is 0.385. The van der Waals surface area contributed by atoms with Crippen LogP contribution in [0.5, 0.6) is 0 Å². The maximum atomic E-state index is 12.0. The summed E-state index contributed by atoms with van der Waals surface area (Å²) in [5.74, 6) is 0.385. The molecule has 0 spiro atoms. The zero-order valence-corrected chi connectivity index (χ0v) is 10.6. The van der Waals surface area contributed by atoms with Crippen LogP contribution in [-0.2, 0) is 12.8 Å². The first-order valence-electron chi connectivity index (χ1n) is 6.33. The van der Waals surface area contributed by atoms with Gasteiger partial charge in [0.2, 0.25) is 5.95 Å². The number of aromatic amines is 1. The van der Waals surface area contributed by atoms with Crippen molar-refractivity contribution < 1.29 is 4.79 Å². The molecular formula is C13H14N4O2. The number of H-pyrrole nitrogens is 1. The van der Waals surface area contributed by atoms with Crippen molar-refractivity contribution in [3.63, 3.8) is 0 Å². The van der Waals surface area contributed by atoms with Gasteiger partial charge in [-0.2, -0.15) is 5.10 Å². The molecule has 0 radical (unpaired) electrons. The van der Waals surface area contributed by atoms with Gasteiger partial charge in [0.15, 0.2) is 6.29 Å². The molecule has 6 nitrogen and oxygen atoms in total. The third-order valence-electron chi connectivity index (χ3n) is 3.55. The second-order valence-corrected chi connectivity index (χ2v) is 4.74. The molecule has 0 atom stereocenters. The minimum atomic E-state index is -0.0951. The Balaban J connectivity index is 2.15. The Bertz CT molecular complexity index is 699. The molecule has 2 aromatic rings. The number of nitrogens with zero attached hydrogens (tertiary/aromatic N) is 3. The van der Waals surface area contributed by atoms with Gasteiger partial charge < -0.3 is 0 Å². The Hall–Kier alpha value is -2.24. The summed E-state index contributed by atoms with van der Waals surface area (Å²) in [6.45, 7) is 1.77. The van der Waals surface area contributed by atoms with Crippen molar-refractivity contribution >= 4 is 6.29 Å². The van der Waals surface area contributed by atoms with Crippen LogP contribution < -0.4 is 5.56 Å². The van der Waals surface area contributed by atoms with Crippen LogP contribution in [-0.4, -0.2) is 26.0 Å². The third-order valence-corrected chi connectivity index (χ3v) is 3.55.